The number of pyridine rings is 1. The van der Waals surface area contributed by atoms with Crippen molar-refractivity contribution < 1.29 is 9.53 Å². The highest BCUT2D eigenvalue weighted by atomic mass is 79.9. The van der Waals surface area contributed by atoms with Crippen molar-refractivity contribution in [1.29, 1.82) is 0 Å². The lowest BCUT2D eigenvalue weighted by molar-refractivity contribution is 0.178. The van der Waals surface area contributed by atoms with Gasteiger partial charge in [0.25, 0.3) is 0 Å². The molecule has 15 heavy (non-hydrogen) atoms. The van der Waals surface area contributed by atoms with Gasteiger partial charge in [-0.15, -0.1) is 0 Å². The maximum atomic E-state index is 11.6. The number of ether oxygens (including phenoxy) is 1. The summed E-state index contributed by atoms with van der Waals surface area (Å²) in [5.41, 5.74) is -0.0924. The Kier molecular flexibility index (Phi) is 1.80. The van der Waals surface area contributed by atoms with E-state index in [9.17, 15) is 4.79 Å². The minimum absolute atomic E-state index is 0.0924. The van der Waals surface area contributed by atoms with Gasteiger partial charge in [0.2, 0.25) is 0 Å². The first kappa shape index (κ1) is 9.15. The topological polar surface area (TPSA) is 42.4 Å². The van der Waals surface area contributed by atoms with Crippen molar-refractivity contribution in [3.63, 3.8) is 0 Å². The highest BCUT2D eigenvalue weighted by Crippen LogP contribution is 2.47. The maximum Gasteiger partial charge on any atom is 0.416 e. The first-order valence-corrected chi connectivity index (χ1v) is 5.60. The molecule has 2 aliphatic rings. The summed E-state index contributed by atoms with van der Waals surface area (Å²) in [5, 5.41) is 0. The fraction of sp³-hybridized carbons (Fsp3) is 0.400. The Bertz CT molecular complexity index is 431. The van der Waals surface area contributed by atoms with Gasteiger partial charge < -0.3 is 4.74 Å². The lowest BCUT2D eigenvalue weighted by Crippen LogP contribution is -2.35. The number of aromatic nitrogens is 1. The Morgan fingerprint density at radius 1 is 1.47 bits per heavy atom. The van der Waals surface area contributed by atoms with Crippen molar-refractivity contribution in [3.8, 4) is 0 Å². The fourth-order valence-corrected chi connectivity index (χ4v) is 2.22. The van der Waals surface area contributed by atoms with E-state index >= 15 is 0 Å². The molecular formula is C10H9BrN2O2. The van der Waals surface area contributed by atoms with Crippen LogP contribution in [0, 0.1) is 0 Å². The van der Waals surface area contributed by atoms with Gasteiger partial charge in [0.05, 0.1) is 5.54 Å². The van der Waals surface area contributed by atoms with Crippen molar-refractivity contribution in [2.75, 3.05) is 11.5 Å². The zero-order valence-electron chi connectivity index (χ0n) is 7.94. The second-order valence-corrected chi connectivity index (χ2v) is 4.75. The summed E-state index contributed by atoms with van der Waals surface area (Å²) in [6, 6.07) is 5.54. The third-order valence-electron chi connectivity index (χ3n) is 2.88. The van der Waals surface area contributed by atoms with E-state index in [-0.39, 0.29) is 11.6 Å². The molecule has 0 unspecified atom stereocenters. The molecule has 1 spiro atoms. The van der Waals surface area contributed by atoms with E-state index < -0.39 is 0 Å². The molecule has 1 saturated heterocycles. The number of anilines is 1. The quantitative estimate of drug-likeness (QED) is 0.735. The molecule has 4 nitrogen and oxygen atoms in total. The monoisotopic (exact) mass is 268 g/mol. The Balaban J connectivity index is 2.02. The van der Waals surface area contributed by atoms with Crippen LogP contribution in [0.15, 0.2) is 22.8 Å². The number of rotatable bonds is 1. The number of hydrogen-bond donors (Lipinski definition) is 0. The first-order chi connectivity index (χ1) is 7.21. The molecule has 2 fully saturated rings. The van der Waals surface area contributed by atoms with E-state index in [4.69, 9.17) is 4.74 Å². The largest absolute Gasteiger partial charge is 0.447 e. The maximum absolute atomic E-state index is 11.6. The van der Waals surface area contributed by atoms with E-state index in [1.165, 1.54) is 0 Å². The molecule has 1 aromatic rings. The second-order valence-electron chi connectivity index (χ2n) is 3.93. The average Bonchev–Trinajstić information content (AvgIpc) is 2.88. The van der Waals surface area contributed by atoms with E-state index in [2.05, 4.69) is 20.9 Å². The van der Waals surface area contributed by atoms with E-state index in [1.54, 1.807) is 4.90 Å². The molecule has 1 aliphatic carbocycles. The Labute approximate surface area is 95.4 Å². The summed E-state index contributed by atoms with van der Waals surface area (Å²) >= 11 is 3.30. The van der Waals surface area contributed by atoms with Crippen LogP contribution in [0.2, 0.25) is 0 Å². The first-order valence-electron chi connectivity index (χ1n) is 4.81. The molecule has 0 N–H and O–H groups in total. The van der Waals surface area contributed by atoms with Crippen LogP contribution in [0.1, 0.15) is 12.8 Å². The van der Waals surface area contributed by atoms with Crippen molar-refractivity contribution in [2.24, 2.45) is 0 Å². The molecule has 0 radical (unpaired) electrons. The number of carbonyl (C=O) groups is 1. The summed E-state index contributed by atoms with van der Waals surface area (Å²) in [7, 11) is 0. The van der Waals surface area contributed by atoms with Gasteiger partial charge in [0.1, 0.15) is 17.0 Å². The number of carbonyl (C=O) groups excluding carboxylic acids is 1. The van der Waals surface area contributed by atoms with Crippen LogP contribution in [0.3, 0.4) is 0 Å². The minimum Gasteiger partial charge on any atom is -0.447 e. The molecule has 2 heterocycles. The van der Waals surface area contributed by atoms with E-state index in [0.717, 1.165) is 17.4 Å². The fourth-order valence-electron chi connectivity index (χ4n) is 1.89. The molecule has 0 bridgehead atoms. The molecule has 1 aliphatic heterocycles. The van der Waals surface area contributed by atoms with Crippen LogP contribution < -0.4 is 4.90 Å². The Morgan fingerprint density at radius 2 is 2.27 bits per heavy atom. The van der Waals surface area contributed by atoms with Gasteiger partial charge >= 0.3 is 6.09 Å². The van der Waals surface area contributed by atoms with Crippen LogP contribution in [0.4, 0.5) is 10.6 Å². The van der Waals surface area contributed by atoms with Gasteiger partial charge in [0, 0.05) is 0 Å². The minimum atomic E-state index is -0.280. The number of halogens is 1. The molecule has 5 heteroatoms. The highest BCUT2D eigenvalue weighted by molar-refractivity contribution is 9.10. The predicted octanol–water partition coefficient (Wildman–Crippen LogP) is 2.33. The Hall–Kier alpha value is -1.10. The molecule has 0 aromatic carbocycles. The molecule has 78 valence electrons. The predicted molar refractivity (Wildman–Crippen MR) is 57.7 cm³/mol. The zero-order valence-corrected chi connectivity index (χ0v) is 9.53. The standard InChI is InChI=1S/C10H9BrN2O2/c11-7-2-1-3-8(12-7)13-9(14)15-6-10(13)4-5-10/h1-3H,4-6H2. The van der Waals surface area contributed by atoms with Crippen LogP contribution in [-0.4, -0.2) is 23.2 Å². The summed E-state index contributed by atoms with van der Waals surface area (Å²) in [4.78, 5) is 17.6. The Morgan fingerprint density at radius 3 is 2.93 bits per heavy atom. The zero-order chi connectivity index (χ0) is 10.5. The van der Waals surface area contributed by atoms with Gasteiger partial charge in [-0.1, -0.05) is 6.07 Å². The van der Waals surface area contributed by atoms with Gasteiger partial charge in [-0.05, 0) is 40.9 Å². The van der Waals surface area contributed by atoms with Crippen LogP contribution >= 0.6 is 15.9 Å². The van der Waals surface area contributed by atoms with Crippen molar-refractivity contribution >= 4 is 27.8 Å². The van der Waals surface area contributed by atoms with E-state index in [0.29, 0.717) is 12.4 Å². The molecular weight excluding hydrogens is 260 g/mol. The lowest BCUT2D eigenvalue weighted by atomic mass is 10.2. The highest BCUT2D eigenvalue weighted by Gasteiger charge is 2.57. The average molecular weight is 269 g/mol. The van der Waals surface area contributed by atoms with Crippen molar-refractivity contribution in [3.05, 3.63) is 22.8 Å². The number of cyclic esters (lactones) is 1. The smallest absolute Gasteiger partial charge is 0.416 e. The van der Waals surface area contributed by atoms with E-state index in [1.807, 2.05) is 18.2 Å². The van der Waals surface area contributed by atoms with Gasteiger partial charge in [-0.2, -0.15) is 0 Å². The van der Waals surface area contributed by atoms with Crippen molar-refractivity contribution in [1.82, 2.24) is 4.98 Å². The lowest BCUT2D eigenvalue weighted by Gasteiger charge is -2.19. The van der Waals surface area contributed by atoms with Gasteiger partial charge in [-0.3, -0.25) is 4.90 Å². The molecule has 3 rings (SSSR count). The molecule has 1 amide bonds. The number of amides is 1. The summed E-state index contributed by atoms with van der Waals surface area (Å²) in [6.45, 7) is 0.500. The third-order valence-corrected chi connectivity index (χ3v) is 3.32. The van der Waals surface area contributed by atoms with Gasteiger partial charge in [-0.25, -0.2) is 9.78 Å². The summed E-state index contributed by atoms with van der Waals surface area (Å²) in [5.74, 6) is 0.671. The second kappa shape index (κ2) is 2.95. The molecule has 0 atom stereocenters. The number of nitrogens with zero attached hydrogens (tertiary/aromatic N) is 2. The SMILES string of the molecule is O=C1OCC2(CC2)N1c1cccc(Br)n1. The third kappa shape index (κ3) is 1.33. The molecule has 1 aromatic heterocycles. The summed E-state index contributed by atoms with van der Waals surface area (Å²) in [6.07, 6.45) is 1.73. The normalized spacial score (nSPS) is 21.9. The van der Waals surface area contributed by atoms with Crippen LogP contribution in [-0.2, 0) is 4.74 Å². The van der Waals surface area contributed by atoms with Crippen LogP contribution in [0.5, 0.6) is 0 Å². The van der Waals surface area contributed by atoms with Crippen molar-refractivity contribution in [2.45, 2.75) is 18.4 Å². The van der Waals surface area contributed by atoms with Crippen LogP contribution in [0.25, 0.3) is 0 Å². The van der Waals surface area contributed by atoms with Gasteiger partial charge in [0.15, 0.2) is 0 Å². The molecule has 1 saturated carbocycles. The summed E-state index contributed by atoms with van der Waals surface area (Å²) < 4.78 is 5.80. The number of hydrogen-bond acceptors (Lipinski definition) is 3.